The van der Waals surface area contributed by atoms with Crippen LogP contribution >= 0.6 is 0 Å². The van der Waals surface area contributed by atoms with Crippen molar-refractivity contribution in [1.82, 2.24) is 0 Å². The molecule has 0 aromatic heterocycles. The van der Waals surface area contributed by atoms with Gasteiger partial charge < -0.3 is 5.11 Å². The SMILES string of the molecule is O=C(O)C(F)(C(F)(F)C(F)(F)C(F)(F)C(F)(F)C(F)(F)C(F)(F)C(F)(F)C(F)(F)F)C(F)(F)C(F)(F)C(F)(F)C(F)(F)C(F)(F)C(F)(F)C(F)(F)C(F)(F)C(F)(F)C(F)(F)C(F)(F)C(F)(F)C(F)(F)F. The van der Waals surface area contributed by atoms with Gasteiger partial charge in [0, 0.05) is 0 Å². The molecule has 0 saturated carbocycles. The van der Waals surface area contributed by atoms with Gasteiger partial charge in [-0.2, -0.15) is 193 Å². The van der Waals surface area contributed by atoms with Gasteiger partial charge in [0.25, 0.3) is 0 Å². The first-order valence-electron chi connectivity index (χ1n) is 14.4. The summed E-state index contributed by atoms with van der Waals surface area (Å²) in [5.74, 6) is -202. The van der Waals surface area contributed by atoms with Gasteiger partial charge in [0.1, 0.15) is 0 Å². The summed E-state index contributed by atoms with van der Waals surface area (Å²) in [4.78, 5) is 10.8. The fourth-order valence-corrected chi connectivity index (χ4v) is 4.21. The maximum Gasteiger partial charge on any atom is 0.460 e. The summed E-state index contributed by atoms with van der Waals surface area (Å²) >= 11 is 0. The zero-order valence-electron chi connectivity index (χ0n) is 29.4. The van der Waals surface area contributed by atoms with Gasteiger partial charge in [-0.15, -0.1) is 0 Å². The van der Waals surface area contributed by atoms with Gasteiger partial charge in [-0.05, 0) is 0 Å². The molecule has 420 valence electrons. The van der Waals surface area contributed by atoms with Crippen LogP contribution in [0.4, 0.5) is 198 Å². The second kappa shape index (κ2) is 15.7. The van der Waals surface area contributed by atoms with E-state index < -0.39 is 137 Å². The van der Waals surface area contributed by atoms with Crippen LogP contribution in [0.25, 0.3) is 0 Å². The number of alkyl halides is 45. The lowest BCUT2D eigenvalue weighted by atomic mass is 9.76. The Hall–Kier alpha value is -3.68. The molecule has 0 fully saturated rings. The first-order valence-corrected chi connectivity index (χ1v) is 14.4. The Balaban J connectivity index is 8.37. The lowest BCUT2D eigenvalue weighted by Gasteiger charge is -2.48. The first-order chi connectivity index (χ1) is 29.2. The van der Waals surface area contributed by atoms with E-state index in [2.05, 4.69) is 0 Å². The zero-order valence-corrected chi connectivity index (χ0v) is 29.4. The van der Waals surface area contributed by atoms with Crippen molar-refractivity contribution >= 4 is 5.97 Å². The molecule has 0 aliphatic carbocycles. The van der Waals surface area contributed by atoms with Crippen LogP contribution in [-0.2, 0) is 4.79 Å². The molecule has 0 aliphatic rings. The Kier molecular flexibility index (Phi) is 14.8. The molecule has 0 aliphatic heterocycles. The first kappa shape index (κ1) is 66.3. The van der Waals surface area contributed by atoms with Gasteiger partial charge in [0.2, 0.25) is 0 Å². The van der Waals surface area contributed by atoms with Crippen LogP contribution in [0.3, 0.4) is 0 Å². The smallest absolute Gasteiger partial charge is 0.460 e. The highest BCUT2D eigenvalue weighted by Crippen LogP contribution is 2.72. The summed E-state index contributed by atoms with van der Waals surface area (Å²) in [5, 5.41) is 8.13. The van der Waals surface area contributed by atoms with Crippen LogP contribution < -0.4 is 0 Å². The maximum atomic E-state index is 14.8. The summed E-state index contributed by atoms with van der Waals surface area (Å²) in [6.07, 6.45) is -17.2. The molecule has 0 rings (SSSR count). The van der Waals surface area contributed by atoms with Gasteiger partial charge in [-0.25, -0.2) is 9.18 Å². The summed E-state index contributed by atoms with van der Waals surface area (Å²) in [6, 6.07) is 0. The van der Waals surface area contributed by atoms with Crippen LogP contribution in [0.5, 0.6) is 0 Å². The third-order valence-electron chi connectivity index (χ3n) is 8.58. The van der Waals surface area contributed by atoms with Crippen molar-refractivity contribution < 1.29 is 207 Å². The second-order valence-electron chi connectivity index (χ2n) is 12.9. The zero-order chi connectivity index (χ0) is 58.6. The van der Waals surface area contributed by atoms with E-state index in [1.165, 1.54) is 0 Å². The highest BCUT2D eigenvalue weighted by atomic mass is 19.5. The average Bonchev–Trinajstić information content (AvgIpc) is 3.11. The van der Waals surface area contributed by atoms with Gasteiger partial charge in [-0.3, -0.25) is 0 Å². The number of carboxylic acids is 1. The molecule has 0 bridgehead atoms. The molecule has 0 aromatic rings. The molecule has 70 heavy (non-hydrogen) atoms. The molecule has 0 saturated heterocycles. The van der Waals surface area contributed by atoms with Crippen LogP contribution in [0.15, 0.2) is 0 Å². The Morgan fingerprint density at radius 2 is 0.257 bits per heavy atom. The monoisotopic (exact) mass is 1160 g/mol. The fraction of sp³-hybridized carbons (Fsp3) is 0.957. The number of hydrogen-bond acceptors (Lipinski definition) is 1. The topological polar surface area (TPSA) is 37.3 Å². The van der Waals surface area contributed by atoms with E-state index in [9.17, 15) is 202 Å². The minimum absolute atomic E-state index is 6.49. The van der Waals surface area contributed by atoms with Crippen LogP contribution in [0.1, 0.15) is 0 Å². The number of halogens is 45. The normalized spacial score (nSPS) is 18.0. The van der Waals surface area contributed by atoms with E-state index in [-0.39, 0.29) is 0 Å². The molecular weight excluding hydrogens is 1160 g/mol. The largest absolute Gasteiger partial charge is 0.479 e. The Labute approximate surface area is 345 Å². The lowest BCUT2D eigenvalue weighted by molar-refractivity contribution is -0.489. The second-order valence-corrected chi connectivity index (χ2v) is 12.9. The molecule has 2 nitrogen and oxygen atoms in total. The summed E-state index contributed by atoms with van der Waals surface area (Å²) in [7, 11) is 0. The predicted molar refractivity (Wildman–Crippen MR) is 118 cm³/mol. The molecule has 0 amide bonds. The van der Waals surface area contributed by atoms with E-state index in [1.807, 2.05) is 0 Å². The molecule has 0 aromatic carbocycles. The lowest BCUT2D eigenvalue weighted by Crippen LogP contribution is -2.82. The third kappa shape index (κ3) is 7.05. The average molecular weight is 1160 g/mol. The molecule has 1 N–H and O–H groups in total. The van der Waals surface area contributed by atoms with Crippen molar-refractivity contribution in [3.05, 3.63) is 0 Å². The van der Waals surface area contributed by atoms with E-state index in [0.717, 1.165) is 0 Å². The molecule has 1 atom stereocenters. The van der Waals surface area contributed by atoms with Crippen LogP contribution in [-0.4, -0.2) is 142 Å². The minimum atomic E-state index is -10.8. The van der Waals surface area contributed by atoms with E-state index in [0.29, 0.717) is 0 Å². The number of carboxylic acid groups (broad SMARTS) is 1. The summed E-state index contributed by atoms with van der Waals surface area (Å²) in [5.41, 5.74) is -10.3. The highest BCUT2D eigenvalue weighted by Gasteiger charge is 3.04. The predicted octanol–water partition coefficient (Wildman–Crippen LogP) is 14.0. The van der Waals surface area contributed by atoms with Crippen molar-refractivity contribution in [3.63, 3.8) is 0 Å². The molecular formula is C23HF45O2. The quantitative estimate of drug-likeness (QED) is 0.123. The fourth-order valence-electron chi connectivity index (χ4n) is 4.21. The van der Waals surface area contributed by atoms with Gasteiger partial charge in [0.15, 0.2) is 0 Å². The summed E-state index contributed by atoms with van der Waals surface area (Å²) in [6.45, 7) is 0. The van der Waals surface area contributed by atoms with Crippen molar-refractivity contribution in [1.29, 1.82) is 0 Å². The number of carbonyl (C=O) groups is 1. The Morgan fingerprint density at radius 3 is 0.343 bits per heavy atom. The van der Waals surface area contributed by atoms with Crippen LogP contribution in [0, 0.1) is 0 Å². The number of rotatable bonds is 20. The maximum absolute atomic E-state index is 14.8. The molecule has 0 radical (unpaired) electrons. The minimum Gasteiger partial charge on any atom is -0.479 e. The van der Waals surface area contributed by atoms with E-state index >= 15 is 0 Å². The van der Waals surface area contributed by atoms with Crippen molar-refractivity contribution in [2.24, 2.45) is 0 Å². The standard InChI is InChI=1S/C23HF45O2/c24-2(1(69)70,4(27,28)6(31,32)8(35,36)10(39,40)16(51,52)18(55,56)20(59,60)22(63,64)65)3(25,26)5(29,30)7(33,34)9(37,38)11(41,42)12(43,44)13(45,46)14(47,48)15(49,50)17(53,54)19(57,58)21(61,62)23(66,67)68/h(H,69,70). The molecule has 1 unspecified atom stereocenters. The summed E-state index contributed by atoms with van der Waals surface area (Å²) < 4.78 is 613. The van der Waals surface area contributed by atoms with Gasteiger partial charge in [0.05, 0.1) is 0 Å². The van der Waals surface area contributed by atoms with Crippen molar-refractivity contribution in [3.8, 4) is 0 Å². The van der Waals surface area contributed by atoms with Gasteiger partial charge >= 0.3 is 137 Å². The Morgan fingerprint density at radius 1 is 0.171 bits per heavy atom. The molecule has 47 heteroatoms. The Bertz CT molecular complexity index is 1940. The third-order valence-corrected chi connectivity index (χ3v) is 8.58. The molecule has 0 spiro atoms. The molecule has 0 heterocycles. The number of aliphatic carboxylic acids is 1. The van der Waals surface area contributed by atoms with Crippen molar-refractivity contribution in [2.75, 3.05) is 0 Å². The van der Waals surface area contributed by atoms with Crippen molar-refractivity contribution in [2.45, 2.75) is 131 Å². The van der Waals surface area contributed by atoms with Gasteiger partial charge in [-0.1, -0.05) is 0 Å². The van der Waals surface area contributed by atoms with E-state index in [4.69, 9.17) is 5.11 Å². The van der Waals surface area contributed by atoms with Crippen LogP contribution in [0.2, 0.25) is 0 Å². The highest BCUT2D eigenvalue weighted by molar-refractivity contribution is 5.81. The van der Waals surface area contributed by atoms with E-state index in [1.54, 1.807) is 0 Å². The number of hydrogen-bond donors (Lipinski definition) is 1.